The van der Waals surface area contributed by atoms with E-state index in [0.29, 0.717) is 0 Å². The van der Waals surface area contributed by atoms with Crippen molar-refractivity contribution in [3.05, 3.63) is 35.4 Å². The Labute approximate surface area is 108 Å². The van der Waals surface area contributed by atoms with Crippen molar-refractivity contribution >= 4 is 0 Å². The van der Waals surface area contributed by atoms with Gasteiger partial charge >= 0.3 is 0 Å². The first kappa shape index (κ1) is 12.8. The third-order valence-electron chi connectivity index (χ3n) is 3.11. The van der Waals surface area contributed by atoms with Crippen LogP contribution in [-0.2, 0) is 26.7 Å². The Morgan fingerprint density at radius 1 is 1.28 bits per heavy atom. The van der Waals surface area contributed by atoms with Crippen molar-refractivity contribution in [2.75, 3.05) is 0 Å². The Morgan fingerprint density at radius 2 is 2.11 bits per heavy atom. The molecule has 0 unspecified atom stereocenters. The molecular formula is C13H21N5. The van der Waals surface area contributed by atoms with E-state index in [4.69, 9.17) is 0 Å². The van der Waals surface area contributed by atoms with E-state index in [0.717, 1.165) is 26.1 Å². The highest BCUT2D eigenvalue weighted by Gasteiger charge is 2.05. The van der Waals surface area contributed by atoms with Gasteiger partial charge in [-0.05, 0) is 25.0 Å². The molecule has 5 nitrogen and oxygen atoms in total. The third-order valence-corrected chi connectivity index (χ3v) is 3.11. The Kier molecular flexibility index (Phi) is 4.15. The van der Waals surface area contributed by atoms with Crippen molar-refractivity contribution in [2.24, 2.45) is 7.05 Å². The summed E-state index contributed by atoms with van der Waals surface area (Å²) >= 11 is 0. The quantitative estimate of drug-likeness (QED) is 0.844. The number of nitrogens with zero attached hydrogens (tertiary/aromatic N) is 4. The first-order valence-electron chi connectivity index (χ1n) is 6.41. The van der Waals surface area contributed by atoms with E-state index in [2.05, 4.69) is 40.1 Å². The highest BCUT2D eigenvalue weighted by Crippen LogP contribution is 2.06. The van der Waals surface area contributed by atoms with Gasteiger partial charge in [-0.25, -0.2) is 0 Å². The van der Waals surface area contributed by atoms with E-state index >= 15 is 0 Å². The summed E-state index contributed by atoms with van der Waals surface area (Å²) in [6, 6.07) is 2.07. The zero-order chi connectivity index (χ0) is 13.0. The lowest BCUT2D eigenvalue weighted by Crippen LogP contribution is -2.18. The fraction of sp³-hybridized carbons (Fsp3) is 0.538. The van der Waals surface area contributed by atoms with Crippen LogP contribution in [0.4, 0.5) is 0 Å². The molecule has 0 atom stereocenters. The van der Waals surface area contributed by atoms with Crippen molar-refractivity contribution in [1.29, 1.82) is 0 Å². The van der Waals surface area contributed by atoms with Crippen molar-refractivity contribution < 1.29 is 0 Å². The second-order valence-corrected chi connectivity index (χ2v) is 4.55. The van der Waals surface area contributed by atoms with Gasteiger partial charge in [0.2, 0.25) is 0 Å². The SMILES string of the molecule is CCCn1nccc1CNCc1c(C)cnn1C. The molecule has 0 radical (unpaired) electrons. The van der Waals surface area contributed by atoms with Gasteiger partial charge in [0, 0.05) is 32.9 Å². The van der Waals surface area contributed by atoms with Gasteiger partial charge in [-0.1, -0.05) is 6.92 Å². The normalized spacial score (nSPS) is 11.1. The first-order chi connectivity index (χ1) is 8.72. The van der Waals surface area contributed by atoms with Crippen LogP contribution in [0.2, 0.25) is 0 Å². The topological polar surface area (TPSA) is 47.7 Å². The van der Waals surface area contributed by atoms with E-state index in [1.165, 1.54) is 17.0 Å². The summed E-state index contributed by atoms with van der Waals surface area (Å²) in [5.74, 6) is 0. The lowest BCUT2D eigenvalue weighted by Gasteiger charge is -2.08. The fourth-order valence-electron chi connectivity index (χ4n) is 2.06. The highest BCUT2D eigenvalue weighted by atomic mass is 15.3. The van der Waals surface area contributed by atoms with Crippen molar-refractivity contribution in [3.8, 4) is 0 Å². The molecule has 0 aliphatic rings. The number of hydrogen-bond donors (Lipinski definition) is 1. The van der Waals surface area contributed by atoms with E-state index in [9.17, 15) is 0 Å². The van der Waals surface area contributed by atoms with Crippen LogP contribution in [0.15, 0.2) is 18.5 Å². The summed E-state index contributed by atoms with van der Waals surface area (Å²) < 4.78 is 3.98. The zero-order valence-corrected chi connectivity index (χ0v) is 11.3. The van der Waals surface area contributed by atoms with Gasteiger partial charge in [-0.15, -0.1) is 0 Å². The minimum absolute atomic E-state index is 0.833. The van der Waals surface area contributed by atoms with E-state index in [1.54, 1.807) is 0 Å². The number of hydrogen-bond acceptors (Lipinski definition) is 3. The Balaban J connectivity index is 1.90. The van der Waals surface area contributed by atoms with Crippen molar-refractivity contribution in [2.45, 2.75) is 39.9 Å². The Morgan fingerprint density at radius 3 is 2.78 bits per heavy atom. The molecule has 2 aromatic rings. The molecule has 1 N–H and O–H groups in total. The lowest BCUT2D eigenvalue weighted by atomic mass is 10.2. The maximum Gasteiger partial charge on any atom is 0.0547 e. The molecule has 0 aliphatic heterocycles. The Hall–Kier alpha value is -1.62. The molecule has 0 bridgehead atoms. The summed E-state index contributed by atoms with van der Waals surface area (Å²) in [4.78, 5) is 0. The van der Waals surface area contributed by atoms with Gasteiger partial charge in [0.05, 0.1) is 17.6 Å². The van der Waals surface area contributed by atoms with E-state index < -0.39 is 0 Å². The largest absolute Gasteiger partial charge is 0.306 e. The minimum atomic E-state index is 0.833. The minimum Gasteiger partial charge on any atom is -0.306 e. The lowest BCUT2D eigenvalue weighted by molar-refractivity contribution is 0.542. The van der Waals surface area contributed by atoms with Crippen LogP contribution < -0.4 is 5.32 Å². The zero-order valence-electron chi connectivity index (χ0n) is 11.3. The van der Waals surface area contributed by atoms with Crippen LogP contribution in [-0.4, -0.2) is 19.6 Å². The van der Waals surface area contributed by atoms with Gasteiger partial charge in [0.25, 0.3) is 0 Å². The van der Waals surface area contributed by atoms with Crippen LogP contribution in [0.3, 0.4) is 0 Å². The van der Waals surface area contributed by atoms with Gasteiger partial charge in [-0.3, -0.25) is 9.36 Å². The first-order valence-corrected chi connectivity index (χ1v) is 6.41. The maximum absolute atomic E-state index is 4.32. The summed E-state index contributed by atoms with van der Waals surface area (Å²) in [6.07, 6.45) is 4.87. The van der Waals surface area contributed by atoms with E-state index in [-0.39, 0.29) is 0 Å². The molecule has 0 amide bonds. The summed E-state index contributed by atoms with van der Waals surface area (Å²) in [6.45, 7) is 6.91. The Bertz CT molecular complexity index is 478. The molecule has 0 fully saturated rings. The average Bonchev–Trinajstić information content (AvgIpc) is 2.91. The smallest absolute Gasteiger partial charge is 0.0547 e. The van der Waals surface area contributed by atoms with Crippen LogP contribution >= 0.6 is 0 Å². The molecule has 2 aromatic heterocycles. The van der Waals surface area contributed by atoms with Gasteiger partial charge < -0.3 is 5.32 Å². The molecule has 18 heavy (non-hydrogen) atoms. The van der Waals surface area contributed by atoms with E-state index in [1.807, 2.05) is 24.1 Å². The van der Waals surface area contributed by atoms with Crippen LogP contribution in [0.1, 0.15) is 30.3 Å². The molecular weight excluding hydrogens is 226 g/mol. The average molecular weight is 247 g/mol. The third kappa shape index (κ3) is 2.79. The number of nitrogens with one attached hydrogen (secondary N) is 1. The maximum atomic E-state index is 4.32. The highest BCUT2D eigenvalue weighted by molar-refractivity contribution is 5.15. The summed E-state index contributed by atoms with van der Waals surface area (Å²) in [7, 11) is 1.98. The van der Waals surface area contributed by atoms with Crippen LogP contribution in [0.5, 0.6) is 0 Å². The number of aromatic nitrogens is 4. The number of aryl methyl sites for hydroxylation is 3. The van der Waals surface area contributed by atoms with Crippen molar-refractivity contribution in [1.82, 2.24) is 24.9 Å². The molecule has 98 valence electrons. The standard InChI is InChI=1S/C13H21N5/c1-4-7-18-12(5-6-15-18)9-14-10-13-11(2)8-16-17(13)3/h5-6,8,14H,4,7,9-10H2,1-3H3. The molecule has 2 rings (SSSR count). The van der Waals surface area contributed by atoms with Crippen LogP contribution in [0, 0.1) is 6.92 Å². The van der Waals surface area contributed by atoms with Crippen molar-refractivity contribution in [3.63, 3.8) is 0 Å². The second-order valence-electron chi connectivity index (χ2n) is 4.55. The van der Waals surface area contributed by atoms with Gasteiger partial charge in [0.1, 0.15) is 0 Å². The molecule has 5 heteroatoms. The molecule has 0 aromatic carbocycles. The second kappa shape index (κ2) is 5.82. The molecule has 0 aliphatic carbocycles. The predicted molar refractivity (Wildman–Crippen MR) is 71.0 cm³/mol. The fourth-order valence-corrected chi connectivity index (χ4v) is 2.06. The summed E-state index contributed by atoms with van der Waals surface area (Å²) in [5.41, 5.74) is 3.69. The molecule has 2 heterocycles. The number of rotatable bonds is 6. The molecule has 0 spiro atoms. The van der Waals surface area contributed by atoms with Gasteiger partial charge in [-0.2, -0.15) is 10.2 Å². The molecule has 0 saturated carbocycles. The summed E-state index contributed by atoms with van der Waals surface area (Å²) in [5, 5.41) is 12.0. The van der Waals surface area contributed by atoms with Crippen LogP contribution in [0.25, 0.3) is 0 Å². The monoisotopic (exact) mass is 247 g/mol. The molecule has 0 saturated heterocycles. The predicted octanol–water partition coefficient (Wildman–Crippen LogP) is 1.62. The van der Waals surface area contributed by atoms with Gasteiger partial charge in [0.15, 0.2) is 0 Å².